The average Bonchev–Trinajstić information content (AvgIpc) is 3.11. The molecule has 1 unspecified atom stereocenters. The van der Waals surface area contributed by atoms with Crippen molar-refractivity contribution < 1.29 is 9.47 Å². The van der Waals surface area contributed by atoms with Gasteiger partial charge in [0.05, 0.1) is 19.3 Å². The van der Waals surface area contributed by atoms with Gasteiger partial charge in [0.15, 0.2) is 0 Å². The molecule has 0 saturated carbocycles. The molecule has 1 aliphatic heterocycles. The molecule has 2 rings (SSSR count). The van der Waals surface area contributed by atoms with Crippen LogP contribution in [0.2, 0.25) is 0 Å². The molecule has 2 heteroatoms. The van der Waals surface area contributed by atoms with Crippen LogP contribution in [0.4, 0.5) is 0 Å². The lowest BCUT2D eigenvalue weighted by Gasteiger charge is -2.10. The maximum atomic E-state index is 5.52. The molecule has 1 atom stereocenters. The number of hydrogen-bond donors (Lipinski definition) is 0. The molecule has 0 bridgehead atoms. The van der Waals surface area contributed by atoms with Crippen molar-refractivity contribution in [3.05, 3.63) is 29.3 Å². The Morgan fingerprint density at radius 1 is 1.31 bits per heavy atom. The van der Waals surface area contributed by atoms with Crippen molar-refractivity contribution in [3.8, 4) is 5.75 Å². The highest BCUT2D eigenvalue weighted by atomic mass is 16.6. The zero-order chi connectivity index (χ0) is 11.4. The molecule has 1 heterocycles. The molecule has 2 nitrogen and oxygen atoms in total. The van der Waals surface area contributed by atoms with Gasteiger partial charge in [0.25, 0.3) is 0 Å². The predicted octanol–water partition coefficient (Wildman–Crippen LogP) is 2.98. The highest BCUT2D eigenvalue weighted by molar-refractivity contribution is 5.36. The molecule has 0 aliphatic carbocycles. The highest BCUT2D eigenvalue weighted by Gasteiger charge is 2.21. The summed E-state index contributed by atoms with van der Waals surface area (Å²) in [7, 11) is 0. The number of epoxide rings is 1. The third kappa shape index (κ3) is 2.99. The Hall–Kier alpha value is -1.02. The van der Waals surface area contributed by atoms with E-state index in [4.69, 9.17) is 9.47 Å². The first-order valence-corrected chi connectivity index (χ1v) is 6.19. The van der Waals surface area contributed by atoms with E-state index in [1.54, 1.807) is 0 Å². The summed E-state index contributed by atoms with van der Waals surface area (Å²) in [6, 6.07) is 6.45. The second-order valence-corrected chi connectivity index (χ2v) is 4.21. The topological polar surface area (TPSA) is 21.8 Å². The Morgan fingerprint density at radius 2 is 2.12 bits per heavy atom. The Bertz CT molecular complexity index is 343. The van der Waals surface area contributed by atoms with E-state index < -0.39 is 0 Å². The van der Waals surface area contributed by atoms with E-state index in [1.807, 2.05) is 6.92 Å². The molecule has 1 aromatic carbocycles. The molecule has 0 aromatic heterocycles. The van der Waals surface area contributed by atoms with E-state index in [0.717, 1.165) is 38.2 Å². The van der Waals surface area contributed by atoms with Crippen molar-refractivity contribution in [1.29, 1.82) is 0 Å². The third-order valence-electron chi connectivity index (χ3n) is 3.01. The van der Waals surface area contributed by atoms with Crippen LogP contribution in [0.1, 0.15) is 31.4 Å². The molecule has 1 aromatic rings. The van der Waals surface area contributed by atoms with Gasteiger partial charge in [-0.2, -0.15) is 0 Å². The van der Waals surface area contributed by atoms with Crippen LogP contribution < -0.4 is 4.74 Å². The van der Waals surface area contributed by atoms with Crippen molar-refractivity contribution in [2.24, 2.45) is 0 Å². The van der Waals surface area contributed by atoms with Crippen molar-refractivity contribution in [2.75, 3.05) is 13.2 Å². The molecule has 88 valence electrons. The number of hydrogen-bond acceptors (Lipinski definition) is 2. The second kappa shape index (κ2) is 5.35. The van der Waals surface area contributed by atoms with Gasteiger partial charge in [-0.3, -0.25) is 0 Å². The first kappa shape index (κ1) is 11.5. The normalized spacial score (nSPS) is 18.5. The van der Waals surface area contributed by atoms with Gasteiger partial charge >= 0.3 is 0 Å². The molecule has 0 amide bonds. The minimum absolute atomic E-state index is 0.524. The Balaban J connectivity index is 2.03. The molecular weight excluding hydrogens is 200 g/mol. The SMILES string of the molecule is CCOc1ccc(CCC2CO2)c(CC)c1. The van der Waals surface area contributed by atoms with E-state index >= 15 is 0 Å². The van der Waals surface area contributed by atoms with Crippen LogP contribution in [0.5, 0.6) is 5.75 Å². The molecule has 1 aliphatic rings. The summed E-state index contributed by atoms with van der Waals surface area (Å²) < 4.78 is 10.8. The number of aryl methyl sites for hydroxylation is 2. The summed E-state index contributed by atoms with van der Waals surface area (Å²) in [6.07, 6.45) is 3.87. The molecule has 0 spiro atoms. The molecule has 0 radical (unpaired) electrons. The van der Waals surface area contributed by atoms with Crippen LogP contribution >= 0.6 is 0 Å². The van der Waals surface area contributed by atoms with Crippen LogP contribution in [0.15, 0.2) is 18.2 Å². The van der Waals surface area contributed by atoms with Gasteiger partial charge in [-0.1, -0.05) is 13.0 Å². The molecule has 0 N–H and O–H groups in total. The van der Waals surface area contributed by atoms with Gasteiger partial charge in [-0.25, -0.2) is 0 Å². The molecule has 16 heavy (non-hydrogen) atoms. The highest BCUT2D eigenvalue weighted by Crippen LogP contribution is 2.23. The quantitative estimate of drug-likeness (QED) is 0.687. The number of rotatable bonds is 6. The van der Waals surface area contributed by atoms with Gasteiger partial charge in [0, 0.05) is 0 Å². The lowest BCUT2D eigenvalue weighted by Crippen LogP contribution is -1.98. The predicted molar refractivity (Wildman–Crippen MR) is 65.1 cm³/mol. The van der Waals surface area contributed by atoms with E-state index in [9.17, 15) is 0 Å². The maximum Gasteiger partial charge on any atom is 0.119 e. The maximum absolute atomic E-state index is 5.52. The summed E-state index contributed by atoms with van der Waals surface area (Å²) in [5.74, 6) is 0.991. The summed E-state index contributed by atoms with van der Waals surface area (Å²) >= 11 is 0. The fourth-order valence-corrected chi connectivity index (χ4v) is 1.98. The lowest BCUT2D eigenvalue weighted by molar-refractivity contribution is 0.339. The molecule has 1 fully saturated rings. The Morgan fingerprint density at radius 3 is 2.75 bits per heavy atom. The molecule has 1 saturated heterocycles. The van der Waals surface area contributed by atoms with Crippen molar-refractivity contribution in [1.82, 2.24) is 0 Å². The smallest absolute Gasteiger partial charge is 0.119 e. The Labute approximate surface area is 97.6 Å². The van der Waals surface area contributed by atoms with Gasteiger partial charge in [0.2, 0.25) is 0 Å². The van der Waals surface area contributed by atoms with Gasteiger partial charge < -0.3 is 9.47 Å². The number of ether oxygens (including phenoxy) is 2. The van der Waals surface area contributed by atoms with Gasteiger partial charge in [-0.05, 0) is 49.4 Å². The monoisotopic (exact) mass is 220 g/mol. The fourth-order valence-electron chi connectivity index (χ4n) is 1.98. The van der Waals surface area contributed by atoms with E-state index in [2.05, 4.69) is 25.1 Å². The zero-order valence-corrected chi connectivity index (χ0v) is 10.2. The summed E-state index contributed by atoms with van der Waals surface area (Å²) in [4.78, 5) is 0. The van der Waals surface area contributed by atoms with Crippen molar-refractivity contribution in [3.63, 3.8) is 0 Å². The first-order chi connectivity index (χ1) is 7.83. The summed E-state index contributed by atoms with van der Waals surface area (Å²) in [6.45, 7) is 5.91. The number of benzene rings is 1. The standard InChI is InChI=1S/C14H20O2/c1-3-11-9-13(15-4-2)7-5-12(11)6-8-14-10-16-14/h5,7,9,14H,3-4,6,8,10H2,1-2H3. The second-order valence-electron chi connectivity index (χ2n) is 4.21. The van der Waals surface area contributed by atoms with Gasteiger partial charge in [0.1, 0.15) is 5.75 Å². The first-order valence-electron chi connectivity index (χ1n) is 6.19. The van der Waals surface area contributed by atoms with E-state index in [1.165, 1.54) is 11.1 Å². The van der Waals surface area contributed by atoms with Crippen LogP contribution in [-0.2, 0) is 17.6 Å². The van der Waals surface area contributed by atoms with Crippen molar-refractivity contribution in [2.45, 2.75) is 39.2 Å². The summed E-state index contributed by atoms with van der Waals surface area (Å²) in [5.41, 5.74) is 2.85. The van der Waals surface area contributed by atoms with Crippen LogP contribution in [-0.4, -0.2) is 19.3 Å². The van der Waals surface area contributed by atoms with E-state index in [0.29, 0.717) is 6.10 Å². The Kier molecular flexibility index (Phi) is 3.83. The fraction of sp³-hybridized carbons (Fsp3) is 0.571. The largest absolute Gasteiger partial charge is 0.494 e. The lowest BCUT2D eigenvalue weighted by atomic mass is 10.00. The summed E-state index contributed by atoms with van der Waals surface area (Å²) in [5, 5.41) is 0. The van der Waals surface area contributed by atoms with Crippen LogP contribution in [0.25, 0.3) is 0 Å². The van der Waals surface area contributed by atoms with Crippen LogP contribution in [0, 0.1) is 0 Å². The van der Waals surface area contributed by atoms with Crippen LogP contribution in [0.3, 0.4) is 0 Å². The third-order valence-corrected chi connectivity index (χ3v) is 3.01. The van der Waals surface area contributed by atoms with Crippen molar-refractivity contribution >= 4 is 0 Å². The molecular formula is C14H20O2. The van der Waals surface area contributed by atoms with Gasteiger partial charge in [-0.15, -0.1) is 0 Å². The minimum Gasteiger partial charge on any atom is -0.494 e. The van der Waals surface area contributed by atoms with E-state index in [-0.39, 0.29) is 0 Å². The average molecular weight is 220 g/mol. The zero-order valence-electron chi connectivity index (χ0n) is 10.2. The minimum atomic E-state index is 0.524.